The molecule has 2 heterocycles. The van der Waals surface area contributed by atoms with Crippen LogP contribution in [0.3, 0.4) is 0 Å². The van der Waals surface area contributed by atoms with E-state index in [1.165, 1.54) is 4.31 Å². The molecule has 2 N–H and O–H groups in total. The maximum atomic E-state index is 11.8. The second-order valence-corrected chi connectivity index (χ2v) is 6.20. The van der Waals surface area contributed by atoms with Gasteiger partial charge in [-0.25, -0.2) is 12.7 Å². The molecule has 0 amide bonds. The Balaban J connectivity index is 1.94. The molecule has 0 bridgehead atoms. The van der Waals surface area contributed by atoms with Crippen molar-refractivity contribution in [2.75, 3.05) is 38.6 Å². The van der Waals surface area contributed by atoms with Gasteiger partial charge in [0, 0.05) is 32.5 Å². The Morgan fingerprint density at radius 3 is 2.25 bits per heavy atom. The number of nitrogens with zero attached hydrogens (tertiary/aromatic N) is 1. The van der Waals surface area contributed by atoms with Gasteiger partial charge < -0.3 is 15.2 Å². The van der Waals surface area contributed by atoms with Gasteiger partial charge >= 0.3 is 0 Å². The zero-order chi connectivity index (χ0) is 11.6. The Hall–Kier alpha value is -0.210. The maximum absolute atomic E-state index is 11.8. The van der Waals surface area contributed by atoms with E-state index in [1.807, 2.05) is 0 Å². The molecule has 6 nitrogen and oxygen atoms in total. The minimum Gasteiger partial charge on any atom is -0.347 e. The summed E-state index contributed by atoms with van der Waals surface area (Å²) in [4.78, 5) is 0. The molecule has 0 atom stereocenters. The predicted octanol–water partition coefficient (Wildman–Crippen LogP) is -0.886. The van der Waals surface area contributed by atoms with Crippen LogP contribution in [0.4, 0.5) is 0 Å². The van der Waals surface area contributed by atoms with Crippen molar-refractivity contribution in [1.82, 2.24) is 4.31 Å². The van der Waals surface area contributed by atoms with Crippen LogP contribution in [0.2, 0.25) is 0 Å². The lowest BCUT2D eigenvalue weighted by molar-refractivity contribution is -0.179. The van der Waals surface area contributed by atoms with Crippen molar-refractivity contribution in [3.05, 3.63) is 0 Å². The first kappa shape index (κ1) is 12.3. The number of hydrogen-bond donors (Lipinski definition) is 1. The summed E-state index contributed by atoms with van der Waals surface area (Å²) in [6, 6.07) is 0. The molecule has 16 heavy (non-hydrogen) atoms. The fraction of sp³-hybridized carbons (Fsp3) is 1.00. The summed E-state index contributed by atoms with van der Waals surface area (Å²) in [5, 5.41) is 0. The van der Waals surface area contributed by atoms with Gasteiger partial charge in [-0.15, -0.1) is 0 Å². The summed E-state index contributed by atoms with van der Waals surface area (Å²) in [6.07, 6.45) is 1.22. The summed E-state index contributed by atoms with van der Waals surface area (Å²) < 4.78 is 36.1. The van der Waals surface area contributed by atoms with E-state index in [2.05, 4.69) is 0 Å². The molecule has 2 fully saturated rings. The van der Waals surface area contributed by atoms with Gasteiger partial charge in [-0.2, -0.15) is 0 Å². The number of hydrogen-bond acceptors (Lipinski definition) is 5. The minimum atomic E-state index is -3.18. The second-order valence-electron chi connectivity index (χ2n) is 4.11. The molecular weight excluding hydrogens is 232 g/mol. The molecule has 0 aliphatic carbocycles. The van der Waals surface area contributed by atoms with E-state index in [4.69, 9.17) is 15.2 Å². The quantitative estimate of drug-likeness (QED) is 0.703. The molecule has 2 saturated heterocycles. The highest BCUT2D eigenvalue weighted by atomic mass is 32.2. The van der Waals surface area contributed by atoms with Gasteiger partial charge in [0.05, 0.1) is 19.0 Å². The van der Waals surface area contributed by atoms with Crippen molar-refractivity contribution < 1.29 is 17.9 Å². The Kier molecular flexibility index (Phi) is 3.50. The summed E-state index contributed by atoms with van der Waals surface area (Å²) in [6.45, 7) is 2.30. The lowest BCUT2D eigenvalue weighted by Gasteiger charge is -2.36. The van der Waals surface area contributed by atoms with E-state index < -0.39 is 15.8 Å². The molecule has 2 rings (SSSR count). The van der Waals surface area contributed by atoms with Gasteiger partial charge in [-0.3, -0.25) is 0 Å². The molecule has 0 saturated carbocycles. The zero-order valence-corrected chi connectivity index (χ0v) is 10.0. The van der Waals surface area contributed by atoms with Crippen LogP contribution in [-0.4, -0.2) is 57.1 Å². The standard InChI is InChI=1S/C9H18N2O4S/c10-3-8-16(12,13)11-4-1-9(2-5-11)14-6-7-15-9/h1-8,10H2. The third-order valence-electron chi connectivity index (χ3n) is 3.07. The molecule has 0 aromatic rings. The van der Waals surface area contributed by atoms with Crippen LogP contribution < -0.4 is 5.73 Å². The topological polar surface area (TPSA) is 81.9 Å². The molecule has 0 aromatic heterocycles. The number of piperidine rings is 1. The van der Waals surface area contributed by atoms with Crippen molar-refractivity contribution in [1.29, 1.82) is 0 Å². The number of nitrogens with two attached hydrogens (primary N) is 1. The van der Waals surface area contributed by atoms with Crippen LogP contribution in [0.25, 0.3) is 0 Å². The summed E-state index contributed by atoms with van der Waals surface area (Å²) >= 11 is 0. The summed E-state index contributed by atoms with van der Waals surface area (Å²) in [7, 11) is -3.18. The molecule has 94 valence electrons. The number of sulfonamides is 1. The fourth-order valence-electron chi connectivity index (χ4n) is 2.17. The zero-order valence-electron chi connectivity index (χ0n) is 9.22. The molecule has 2 aliphatic rings. The Bertz CT molecular complexity index is 327. The van der Waals surface area contributed by atoms with Crippen LogP contribution in [0, 0.1) is 0 Å². The summed E-state index contributed by atoms with van der Waals surface area (Å²) in [5.41, 5.74) is 5.28. The maximum Gasteiger partial charge on any atom is 0.215 e. The normalized spacial score (nSPS) is 26.3. The first-order chi connectivity index (χ1) is 7.58. The van der Waals surface area contributed by atoms with Crippen LogP contribution in [0.5, 0.6) is 0 Å². The van der Waals surface area contributed by atoms with Crippen molar-refractivity contribution in [2.24, 2.45) is 5.73 Å². The molecule has 7 heteroatoms. The summed E-state index contributed by atoms with van der Waals surface area (Å²) in [5.74, 6) is -0.504. The Labute approximate surface area is 95.7 Å². The van der Waals surface area contributed by atoms with E-state index in [1.54, 1.807) is 0 Å². The van der Waals surface area contributed by atoms with Crippen molar-refractivity contribution >= 4 is 10.0 Å². The lowest BCUT2D eigenvalue weighted by atomic mass is 10.1. The second kappa shape index (κ2) is 4.58. The van der Waals surface area contributed by atoms with E-state index >= 15 is 0 Å². The van der Waals surface area contributed by atoms with Crippen molar-refractivity contribution in [2.45, 2.75) is 18.6 Å². The third-order valence-corrected chi connectivity index (χ3v) is 4.97. The Morgan fingerprint density at radius 2 is 1.75 bits per heavy atom. The first-order valence-corrected chi connectivity index (χ1v) is 7.15. The third kappa shape index (κ3) is 2.38. The van der Waals surface area contributed by atoms with E-state index in [0.717, 1.165) is 0 Å². The molecule has 2 aliphatic heterocycles. The average Bonchev–Trinajstić information content (AvgIpc) is 2.67. The minimum absolute atomic E-state index is 0.0156. The van der Waals surface area contributed by atoms with Crippen LogP contribution in [0.1, 0.15) is 12.8 Å². The molecule has 1 spiro atoms. The fourth-order valence-corrected chi connectivity index (χ4v) is 3.46. The average molecular weight is 250 g/mol. The van der Waals surface area contributed by atoms with E-state index in [9.17, 15) is 8.42 Å². The van der Waals surface area contributed by atoms with Crippen molar-refractivity contribution in [3.8, 4) is 0 Å². The predicted molar refractivity (Wildman–Crippen MR) is 58.3 cm³/mol. The number of ether oxygens (including phenoxy) is 2. The van der Waals surface area contributed by atoms with Gasteiger partial charge in [0.1, 0.15) is 0 Å². The van der Waals surface area contributed by atoms with Gasteiger partial charge in [-0.05, 0) is 0 Å². The van der Waals surface area contributed by atoms with Crippen molar-refractivity contribution in [3.63, 3.8) is 0 Å². The largest absolute Gasteiger partial charge is 0.347 e. The monoisotopic (exact) mass is 250 g/mol. The first-order valence-electron chi connectivity index (χ1n) is 5.54. The molecular formula is C9H18N2O4S. The SMILES string of the molecule is NCCS(=O)(=O)N1CCC2(CC1)OCCO2. The molecule has 0 aromatic carbocycles. The van der Waals surface area contributed by atoms with E-state index in [0.29, 0.717) is 39.1 Å². The van der Waals surface area contributed by atoms with Crippen LogP contribution in [0.15, 0.2) is 0 Å². The van der Waals surface area contributed by atoms with Crippen LogP contribution >= 0.6 is 0 Å². The Morgan fingerprint density at radius 1 is 1.19 bits per heavy atom. The highest BCUT2D eigenvalue weighted by Gasteiger charge is 2.42. The van der Waals surface area contributed by atoms with Gasteiger partial charge in [-0.1, -0.05) is 0 Å². The lowest BCUT2D eigenvalue weighted by Crippen LogP contribution is -2.48. The highest BCUT2D eigenvalue weighted by Crippen LogP contribution is 2.32. The highest BCUT2D eigenvalue weighted by molar-refractivity contribution is 7.89. The van der Waals surface area contributed by atoms with Gasteiger partial charge in [0.2, 0.25) is 10.0 Å². The molecule has 0 unspecified atom stereocenters. The molecule has 0 radical (unpaired) electrons. The smallest absolute Gasteiger partial charge is 0.215 e. The van der Waals surface area contributed by atoms with E-state index in [-0.39, 0.29) is 12.3 Å². The van der Waals surface area contributed by atoms with Gasteiger partial charge in [0.15, 0.2) is 5.79 Å². The van der Waals surface area contributed by atoms with Crippen LogP contribution in [-0.2, 0) is 19.5 Å². The number of rotatable bonds is 3. The van der Waals surface area contributed by atoms with Gasteiger partial charge in [0.25, 0.3) is 0 Å².